The SMILES string of the molecule is NC(CN1CCCCC1)c1noc(CC2CCCC2)n1. The lowest BCUT2D eigenvalue weighted by Gasteiger charge is -2.27. The second-order valence-electron chi connectivity index (χ2n) is 6.37. The molecule has 1 saturated heterocycles. The molecule has 2 aliphatic rings. The Balaban J connectivity index is 1.52. The molecular formula is C15H26N4O. The van der Waals surface area contributed by atoms with Gasteiger partial charge in [0.15, 0.2) is 5.82 Å². The van der Waals surface area contributed by atoms with Gasteiger partial charge in [0.2, 0.25) is 5.89 Å². The van der Waals surface area contributed by atoms with Crippen molar-refractivity contribution in [1.82, 2.24) is 15.0 Å². The summed E-state index contributed by atoms with van der Waals surface area (Å²) in [5.74, 6) is 2.20. The minimum Gasteiger partial charge on any atom is -0.339 e. The molecule has 5 nitrogen and oxygen atoms in total. The van der Waals surface area contributed by atoms with Crippen LogP contribution in [0.25, 0.3) is 0 Å². The van der Waals surface area contributed by atoms with E-state index in [9.17, 15) is 0 Å². The molecule has 5 heteroatoms. The average Bonchev–Trinajstić information content (AvgIpc) is 3.12. The summed E-state index contributed by atoms with van der Waals surface area (Å²) in [4.78, 5) is 6.93. The molecule has 1 aliphatic heterocycles. The highest BCUT2D eigenvalue weighted by molar-refractivity contribution is 4.95. The van der Waals surface area contributed by atoms with Crippen LogP contribution in [0.2, 0.25) is 0 Å². The molecule has 0 amide bonds. The molecule has 2 fully saturated rings. The summed E-state index contributed by atoms with van der Waals surface area (Å²) >= 11 is 0. The maximum atomic E-state index is 6.22. The maximum Gasteiger partial charge on any atom is 0.226 e. The lowest BCUT2D eigenvalue weighted by Crippen LogP contribution is -2.36. The van der Waals surface area contributed by atoms with Crippen LogP contribution in [0.1, 0.15) is 62.7 Å². The smallest absolute Gasteiger partial charge is 0.226 e. The summed E-state index contributed by atoms with van der Waals surface area (Å²) in [6.45, 7) is 3.16. The first-order valence-corrected chi connectivity index (χ1v) is 8.11. The van der Waals surface area contributed by atoms with Crippen LogP contribution < -0.4 is 5.73 Å². The minimum atomic E-state index is -0.117. The highest BCUT2D eigenvalue weighted by atomic mass is 16.5. The zero-order valence-corrected chi connectivity index (χ0v) is 12.3. The van der Waals surface area contributed by atoms with Crippen LogP contribution in [0.15, 0.2) is 4.52 Å². The Morgan fingerprint density at radius 1 is 1.15 bits per heavy atom. The summed E-state index contributed by atoms with van der Waals surface area (Å²) in [7, 11) is 0. The van der Waals surface area contributed by atoms with Crippen LogP contribution >= 0.6 is 0 Å². The molecule has 1 saturated carbocycles. The van der Waals surface area contributed by atoms with E-state index in [0.717, 1.165) is 37.9 Å². The molecule has 1 aromatic rings. The molecule has 2 N–H and O–H groups in total. The molecule has 0 bridgehead atoms. The van der Waals surface area contributed by atoms with Crippen molar-refractivity contribution in [3.05, 3.63) is 11.7 Å². The summed E-state index contributed by atoms with van der Waals surface area (Å²) in [5.41, 5.74) is 6.22. The number of aromatic nitrogens is 2. The number of hydrogen-bond acceptors (Lipinski definition) is 5. The van der Waals surface area contributed by atoms with Crippen molar-refractivity contribution in [2.24, 2.45) is 11.7 Å². The maximum absolute atomic E-state index is 6.22. The van der Waals surface area contributed by atoms with Crippen LogP contribution in [0.3, 0.4) is 0 Å². The Labute approximate surface area is 120 Å². The topological polar surface area (TPSA) is 68.2 Å². The second-order valence-corrected chi connectivity index (χ2v) is 6.37. The monoisotopic (exact) mass is 278 g/mol. The summed E-state index contributed by atoms with van der Waals surface area (Å²) in [6.07, 6.45) is 10.1. The first kappa shape index (κ1) is 14.0. The number of nitrogens with two attached hydrogens (primary N) is 1. The number of likely N-dealkylation sites (tertiary alicyclic amines) is 1. The highest BCUT2D eigenvalue weighted by Gasteiger charge is 2.22. The van der Waals surface area contributed by atoms with Gasteiger partial charge in [0.05, 0.1) is 6.04 Å². The van der Waals surface area contributed by atoms with Gasteiger partial charge in [0, 0.05) is 13.0 Å². The number of hydrogen-bond donors (Lipinski definition) is 1. The third-order valence-corrected chi connectivity index (χ3v) is 4.66. The zero-order chi connectivity index (χ0) is 13.8. The third kappa shape index (κ3) is 3.58. The van der Waals surface area contributed by atoms with E-state index < -0.39 is 0 Å². The van der Waals surface area contributed by atoms with E-state index in [1.54, 1.807) is 0 Å². The number of nitrogens with zero attached hydrogens (tertiary/aromatic N) is 3. The first-order valence-electron chi connectivity index (χ1n) is 8.11. The molecule has 2 heterocycles. The van der Waals surface area contributed by atoms with Gasteiger partial charge >= 0.3 is 0 Å². The van der Waals surface area contributed by atoms with Gasteiger partial charge in [-0.15, -0.1) is 0 Å². The Hall–Kier alpha value is -0.940. The predicted molar refractivity (Wildman–Crippen MR) is 77.2 cm³/mol. The molecule has 1 aliphatic carbocycles. The lowest BCUT2D eigenvalue weighted by atomic mass is 10.0. The Morgan fingerprint density at radius 2 is 1.90 bits per heavy atom. The van der Waals surface area contributed by atoms with E-state index in [0.29, 0.717) is 5.82 Å². The van der Waals surface area contributed by atoms with E-state index >= 15 is 0 Å². The molecule has 1 aromatic heterocycles. The van der Waals surface area contributed by atoms with Crippen molar-refractivity contribution in [2.75, 3.05) is 19.6 Å². The van der Waals surface area contributed by atoms with E-state index in [1.807, 2.05) is 0 Å². The van der Waals surface area contributed by atoms with Crippen LogP contribution in [0, 0.1) is 5.92 Å². The van der Waals surface area contributed by atoms with Crippen molar-refractivity contribution in [3.8, 4) is 0 Å². The fraction of sp³-hybridized carbons (Fsp3) is 0.867. The largest absolute Gasteiger partial charge is 0.339 e. The van der Waals surface area contributed by atoms with Gasteiger partial charge in [-0.3, -0.25) is 0 Å². The van der Waals surface area contributed by atoms with Gasteiger partial charge < -0.3 is 15.2 Å². The standard InChI is InChI=1S/C15H26N4O/c16-13(11-19-8-4-1-5-9-19)15-17-14(20-18-15)10-12-6-2-3-7-12/h12-13H,1-11,16H2. The average molecular weight is 278 g/mol. The highest BCUT2D eigenvalue weighted by Crippen LogP contribution is 2.27. The molecule has 0 spiro atoms. The van der Waals surface area contributed by atoms with Crippen molar-refractivity contribution in [3.63, 3.8) is 0 Å². The predicted octanol–water partition coefficient (Wildman–Crippen LogP) is 2.29. The van der Waals surface area contributed by atoms with Crippen LogP contribution in [-0.4, -0.2) is 34.7 Å². The van der Waals surface area contributed by atoms with E-state index in [1.165, 1.54) is 44.9 Å². The first-order chi connectivity index (χ1) is 9.81. The van der Waals surface area contributed by atoms with Gasteiger partial charge in [-0.1, -0.05) is 24.4 Å². The van der Waals surface area contributed by atoms with Crippen LogP contribution in [0.4, 0.5) is 0 Å². The molecule has 3 rings (SSSR count). The van der Waals surface area contributed by atoms with Crippen LogP contribution in [-0.2, 0) is 6.42 Å². The Kier molecular flexibility index (Phi) is 4.68. The molecule has 1 unspecified atom stereocenters. The molecule has 112 valence electrons. The number of rotatable bonds is 5. The summed E-state index contributed by atoms with van der Waals surface area (Å²) < 4.78 is 5.38. The third-order valence-electron chi connectivity index (χ3n) is 4.66. The fourth-order valence-electron chi connectivity index (χ4n) is 3.46. The van der Waals surface area contributed by atoms with Gasteiger partial charge in [0.1, 0.15) is 0 Å². The lowest BCUT2D eigenvalue weighted by molar-refractivity contribution is 0.213. The Morgan fingerprint density at radius 3 is 2.65 bits per heavy atom. The molecule has 0 radical (unpaired) electrons. The molecule has 0 aromatic carbocycles. The van der Waals surface area contributed by atoms with Gasteiger partial charge in [-0.05, 0) is 44.7 Å². The molecule has 20 heavy (non-hydrogen) atoms. The molecule has 1 atom stereocenters. The van der Waals surface area contributed by atoms with Gasteiger partial charge in [0.25, 0.3) is 0 Å². The normalized spacial score (nSPS) is 23.2. The van der Waals surface area contributed by atoms with E-state index in [-0.39, 0.29) is 6.04 Å². The van der Waals surface area contributed by atoms with Crippen molar-refractivity contribution in [2.45, 2.75) is 57.4 Å². The Bertz CT molecular complexity index is 408. The molecular weight excluding hydrogens is 252 g/mol. The minimum absolute atomic E-state index is 0.117. The summed E-state index contributed by atoms with van der Waals surface area (Å²) in [5, 5.41) is 4.09. The van der Waals surface area contributed by atoms with Gasteiger partial charge in [-0.2, -0.15) is 4.98 Å². The van der Waals surface area contributed by atoms with E-state index in [4.69, 9.17) is 10.3 Å². The van der Waals surface area contributed by atoms with Crippen LogP contribution in [0.5, 0.6) is 0 Å². The zero-order valence-electron chi connectivity index (χ0n) is 12.3. The van der Waals surface area contributed by atoms with Gasteiger partial charge in [-0.25, -0.2) is 0 Å². The fourth-order valence-corrected chi connectivity index (χ4v) is 3.46. The van der Waals surface area contributed by atoms with E-state index in [2.05, 4.69) is 15.0 Å². The van der Waals surface area contributed by atoms with Crippen molar-refractivity contribution >= 4 is 0 Å². The number of piperidine rings is 1. The summed E-state index contributed by atoms with van der Waals surface area (Å²) in [6, 6.07) is -0.117. The quantitative estimate of drug-likeness (QED) is 0.895. The van der Waals surface area contributed by atoms with Crippen molar-refractivity contribution in [1.29, 1.82) is 0 Å². The van der Waals surface area contributed by atoms with Crippen molar-refractivity contribution < 1.29 is 4.52 Å². The second kappa shape index (κ2) is 6.68.